The number of hydrogen-bond donors (Lipinski definition) is 2. The Morgan fingerprint density at radius 2 is 1.79 bits per heavy atom. The first kappa shape index (κ1) is 9.38. The molecule has 0 aromatic heterocycles. The third kappa shape index (κ3) is 1.69. The van der Waals surface area contributed by atoms with Gasteiger partial charge in [-0.3, -0.25) is 0 Å². The Labute approximate surface area is 85.7 Å². The second kappa shape index (κ2) is 3.19. The third-order valence-corrected chi connectivity index (χ3v) is 2.80. The van der Waals surface area contributed by atoms with Gasteiger partial charge < -0.3 is 10.6 Å². The van der Waals surface area contributed by atoms with E-state index in [9.17, 15) is 0 Å². The lowest BCUT2D eigenvalue weighted by Gasteiger charge is -2.37. The van der Waals surface area contributed by atoms with Crippen molar-refractivity contribution in [1.29, 1.82) is 0 Å². The van der Waals surface area contributed by atoms with E-state index in [1.807, 2.05) is 0 Å². The van der Waals surface area contributed by atoms with Crippen LogP contribution in [0.4, 0.5) is 11.4 Å². The standard InChI is InChI=1S/C12H18N2/c1-12(2,3)11-8-13-9-6-4-5-7-10(9)14-11/h4-7,11,13-14H,8H2,1-3H3/t11-/m0/s1. The highest BCUT2D eigenvalue weighted by Gasteiger charge is 2.27. The van der Waals surface area contributed by atoms with Gasteiger partial charge >= 0.3 is 0 Å². The van der Waals surface area contributed by atoms with Crippen molar-refractivity contribution in [3.05, 3.63) is 24.3 Å². The zero-order valence-corrected chi connectivity index (χ0v) is 9.09. The van der Waals surface area contributed by atoms with Crippen LogP contribution in [-0.2, 0) is 0 Å². The lowest BCUT2D eigenvalue weighted by atomic mass is 9.85. The van der Waals surface area contributed by atoms with Crippen molar-refractivity contribution in [2.45, 2.75) is 26.8 Å². The van der Waals surface area contributed by atoms with Gasteiger partial charge in [0.15, 0.2) is 0 Å². The third-order valence-electron chi connectivity index (χ3n) is 2.80. The van der Waals surface area contributed by atoms with E-state index in [1.165, 1.54) is 11.4 Å². The zero-order valence-electron chi connectivity index (χ0n) is 9.09. The minimum absolute atomic E-state index is 0.292. The zero-order chi connectivity index (χ0) is 10.2. The van der Waals surface area contributed by atoms with Gasteiger partial charge in [0.05, 0.1) is 11.4 Å². The average Bonchev–Trinajstić information content (AvgIpc) is 2.16. The predicted molar refractivity (Wildman–Crippen MR) is 61.8 cm³/mol. The highest BCUT2D eigenvalue weighted by Crippen LogP contribution is 2.31. The fourth-order valence-corrected chi connectivity index (χ4v) is 1.74. The van der Waals surface area contributed by atoms with Gasteiger partial charge in [-0.05, 0) is 17.5 Å². The highest BCUT2D eigenvalue weighted by molar-refractivity contribution is 5.71. The fraction of sp³-hybridized carbons (Fsp3) is 0.500. The fourth-order valence-electron chi connectivity index (χ4n) is 1.74. The Balaban J connectivity index is 2.22. The first-order chi connectivity index (χ1) is 6.57. The summed E-state index contributed by atoms with van der Waals surface area (Å²) in [5.41, 5.74) is 2.73. The maximum atomic E-state index is 3.57. The molecule has 76 valence electrons. The molecule has 0 saturated heterocycles. The summed E-state index contributed by atoms with van der Waals surface area (Å²) >= 11 is 0. The van der Waals surface area contributed by atoms with Gasteiger partial charge in [-0.15, -0.1) is 0 Å². The van der Waals surface area contributed by atoms with Crippen LogP contribution in [0.5, 0.6) is 0 Å². The molecule has 1 aromatic carbocycles. The first-order valence-electron chi connectivity index (χ1n) is 5.17. The summed E-state index contributed by atoms with van der Waals surface area (Å²) in [5.74, 6) is 0. The number of fused-ring (bicyclic) bond motifs is 1. The summed E-state index contributed by atoms with van der Waals surface area (Å²) in [7, 11) is 0. The molecule has 2 nitrogen and oxygen atoms in total. The highest BCUT2D eigenvalue weighted by atomic mass is 15.1. The van der Waals surface area contributed by atoms with Crippen molar-refractivity contribution in [3.63, 3.8) is 0 Å². The summed E-state index contributed by atoms with van der Waals surface area (Å²) in [6.07, 6.45) is 0. The number of rotatable bonds is 0. The lowest BCUT2D eigenvalue weighted by molar-refractivity contribution is 0.348. The second-order valence-corrected chi connectivity index (χ2v) is 4.99. The summed E-state index contributed by atoms with van der Waals surface area (Å²) in [6.45, 7) is 7.79. The Bertz CT molecular complexity index is 325. The number of nitrogens with one attached hydrogen (secondary N) is 2. The molecule has 0 fully saturated rings. The molecule has 0 saturated carbocycles. The Kier molecular flexibility index (Phi) is 2.14. The largest absolute Gasteiger partial charge is 0.381 e. The Morgan fingerprint density at radius 1 is 1.14 bits per heavy atom. The van der Waals surface area contributed by atoms with E-state index in [4.69, 9.17) is 0 Å². The maximum Gasteiger partial charge on any atom is 0.0578 e. The monoisotopic (exact) mass is 190 g/mol. The maximum absolute atomic E-state index is 3.57. The number of benzene rings is 1. The molecule has 2 N–H and O–H groups in total. The van der Waals surface area contributed by atoms with Crippen LogP contribution in [0, 0.1) is 5.41 Å². The molecule has 1 aromatic rings. The summed E-state index contributed by atoms with van der Waals surface area (Å²) in [6, 6.07) is 8.86. The molecule has 1 heterocycles. The van der Waals surface area contributed by atoms with Gasteiger partial charge in [-0.25, -0.2) is 0 Å². The van der Waals surface area contributed by atoms with E-state index >= 15 is 0 Å². The number of anilines is 2. The molecule has 0 spiro atoms. The minimum Gasteiger partial charge on any atom is -0.381 e. The van der Waals surface area contributed by atoms with Gasteiger partial charge in [0.1, 0.15) is 0 Å². The molecule has 1 atom stereocenters. The van der Waals surface area contributed by atoms with Crippen LogP contribution in [0.1, 0.15) is 20.8 Å². The van der Waals surface area contributed by atoms with Gasteiger partial charge in [-0.1, -0.05) is 32.9 Å². The summed E-state index contributed by atoms with van der Waals surface area (Å²) < 4.78 is 0. The molecule has 1 aliphatic rings. The summed E-state index contributed by atoms with van der Waals surface area (Å²) in [5, 5.41) is 7.03. The van der Waals surface area contributed by atoms with E-state index in [0.717, 1.165) is 6.54 Å². The van der Waals surface area contributed by atoms with Crippen molar-refractivity contribution >= 4 is 11.4 Å². The molecule has 0 aliphatic carbocycles. The molecule has 0 amide bonds. The molecule has 2 rings (SSSR count). The normalized spacial score (nSPS) is 20.6. The van der Waals surface area contributed by atoms with Crippen LogP contribution in [0.25, 0.3) is 0 Å². The van der Waals surface area contributed by atoms with Crippen molar-refractivity contribution in [1.82, 2.24) is 0 Å². The molecule has 1 aliphatic heterocycles. The van der Waals surface area contributed by atoms with Crippen molar-refractivity contribution in [3.8, 4) is 0 Å². The van der Waals surface area contributed by atoms with E-state index in [2.05, 4.69) is 55.7 Å². The first-order valence-corrected chi connectivity index (χ1v) is 5.17. The number of para-hydroxylation sites is 2. The van der Waals surface area contributed by atoms with Crippen molar-refractivity contribution < 1.29 is 0 Å². The van der Waals surface area contributed by atoms with Crippen LogP contribution in [0.3, 0.4) is 0 Å². The van der Waals surface area contributed by atoms with Crippen molar-refractivity contribution in [2.24, 2.45) is 5.41 Å². The molecule has 2 heteroatoms. The van der Waals surface area contributed by atoms with E-state index in [1.54, 1.807) is 0 Å². The molecular formula is C12H18N2. The van der Waals surface area contributed by atoms with Crippen LogP contribution in [0.15, 0.2) is 24.3 Å². The lowest BCUT2D eigenvalue weighted by Crippen LogP contribution is -2.42. The van der Waals surface area contributed by atoms with Crippen LogP contribution >= 0.6 is 0 Å². The quantitative estimate of drug-likeness (QED) is 0.657. The SMILES string of the molecule is CC(C)(C)[C@@H]1CNc2ccccc2N1. The molecule has 0 bridgehead atoms. The van der Waals surface area contributed by atoms with E-state index in [-0.39, 0.29) is 0 Å². The topological polar surface area (TPSA) is 24.1 Å². The van der Waals surface area contributed by atoms with E-state index < -0.39 is 0 Å². The van der Waals surface area contributed by atoms with Crippen LogP contribution in [-0.4, -0.2) is 12.6 Å². The average molecular weight is 190 g/mol. The van der Waals surface area contributed by atoms with Crippen LogP contribution in [0.2, 0.25) is 0 Å². The molecule has 0 unspecified atom stereocenters. The van der Waals surface area contributed by atoms with Gasteiger partial charge in [0, 0.05) is 12.6 Å². The predicted octanol–water partition coefficient (Wildman–Crippen LogP) is 2.94. The van der Waals surface area contributed by atoms with Gasteiger partial charge in [-0.2, -0.15) is 0 Å². The molecular weight excluding hydrogens is 172 g/mol. The Hall–Kier alpha value is -1.18. The molecule has 14 heavy (non-hydrogen) atoms. The smallest absolute Gasteiger partial charge is 0.0578 e. The minimum atomic E-state index is 0.292. The molecule has 0 radical (unpaired) electrons. The van der Waals surface area contributed by atoms with Gasteiger partial charge in [0.2, 0.25) is 0 Å². The van der Waals surface area contributed by atoms with Crippen LogP contribution < -0.4 is 10.6 Å². The number of hydrogen-bond acceptors (Lipinski definition) is 2. The van der Waals surface area contributed by atoms with Gasteiger partial charge in [0.25, 0.3) is 0 Å². The summed E-state index contributed by atoms with van der Waals surface area (Å²) in [4.78, 5) is 0. The van der Waals surface area contributed by atoms with Crippen molar-refractivity contribution in [2.75, 3.05) is 17.2 Å². The second-order valence-electron chi connectivity index (χ2n) is 4.99. The Morgan fingerprint density at radius 3 is 2.43 bits per heavy atom. The van der Waals surface area contributed by atoms with E-state index in [0.29, 0.717) is 11.5 Å².